The first-order valence-corrected chi connectivity index (χ1v) is 7.79. The monoisotopic (exact) mass is 231 g/mol. The molecule has 0 aliphatic heterocycles. The molecule has 1 saturated carbocycles. The predicted molar refractivity (Wildman–Crippen MR) is 67.6 cm³/mol. The third-order valence-electron chi connectivity index (χ3n) is 3.39. The molecule has 1 fully saturated rings. The lowest BCUT2D eigenvalue weighted by Gasteiger charge is -2.29. The lowest BCUT2D eigenvalue weighted by Crippen LogP contribution is -2.39. The van der Waals surface area contributed by atoms with E-state index in [4.69, 9.17) is 0 Å². The zero-order valence-corrected chi connectivity index (χ0v) is 10.9. The van der Waals surface area contributed by atoms with E-state index in [0.717, 1.165) is 23.8 Å². The summed E-state index contributed by atoms with van der Waals surface area (Å²) in [6.45, 7) is 2.10. The Hall–Kier alpha value is 0.110. The molecule has 0 saturated heterocycles. The molecule has 2 nitrogen and oxygen atoms in total. The largest absolute Gasteiger partial charge is 0.316 e. The molecule has 0 bridgehead atoms. The third-order valence-corrected chi connectivity index (χ3v) is 4.98. The van der Waals surface area contributed by atoms with Crippen LogP contribution in [-0.2, 0) is 10.8 Å². The van der Waals surface area contributed by atoms with Crippen LogP contribution in [0.25, 0.3) is 0 Å². The molecule has 0 spiro atoms. The zero-order chi connectivity index (χ0) is 11.1. The minimum Gasteiger partial charge on any atom is -0.316 e. The Labute approximate surface area is 96.7 Å². The van der Waals surface area contributed by atoms with Gasteiger partial charge < -0.3 is 5.32 Å². The Balaban J connectivity index is 2.36. The molecule has 90 valence electrons. The summed E-state index contributed by atoms with van der Waals surface area (Å²) in [5.74, 6) is 2.49. The molecule has 1 N–H and O–H groups in total. The number of hydrogen-bond acceptors (Lipinski definition) is 2. The fraction of sp³-hybridized carbons (Fsp3) is 1.00. The molecule has 1 aliphatic carbocycles. The van der Waals surface area contributed by atoms with Crippen LogP contribution in [0.3, 0.4) is 0 Å². The van der Waals surface area contributed by atoms with Gasteiger partial charge in [-0.05, 0) is 32.2 Å². The Bertz CT molecular complexity index is 190. The highest BCUT2D eigenvalue weighted by atomic mass is 32.2. The molecule has 0 aromatic heterocycles. The van der Waals surface area contributed by atoms with E-state index in [0.29, 0.717) is 6.04 Å². The van der Waals surface area contributed by atoms with E-state index in [1.54, 1.807) is 0 Å². The highest BCUT2D eigenvalue weighted by Gasteiger charge is 2.23. The summed E-state index contributed by atoms with van der Waals surface area (Å²) in [6, 6.07) is 0.484. The maximum atomic E-state index is 11.7. The van der Waals surface area contributed by atoms with E-state index in [2.05, 4.69) is 12.2 Å². The van der Waals surface area contributed by atoms with Crippen LogP contribution in [0.15, 0.2) is 0 Å². The lowest BCUT2D eigenvalue weighted by molar-refractivity contribution is 0.294. The normalized spacial score (nSPS) is 22.5. The second kappa shape index (κ2) is 7.39. The Morgan fingerprint density at radius 2 is 2.00 bits per heavy atom. The van der Waals surface area contributed by atoms with E-state index in [9.17, 15) is 4.21 Å². The molecular formula is C12H25NOS. The van der Waals surface area contributed by atoms with Crippen molar-refractivity contribution in [3.05, 3.63) is 0 Å². The van der Waals surface area contributed by atoms with Gasteiger partial charge >= 0.3 is 0 Å². The molecule has 0 radical (unpaired) electrons. The van der Waals surface area contributed by atoms with Gasteiger partial charge in [0.05, 0.1) is 0 Å². The molecule has 0 heterocycles. The predicted octanol–water partition coefficient (Wildman–Crippen LogP) is 2.31. The van der Waals surface area contributed by atoms with Crippen LogP contribution < -0.4 is 5.32 Å². The van der Waals surface area contributed by atoms with Crippen LogP contribution in [0.1, 0.15) is 45.4 Å². The van der Waals surface area contributed by atoms with Crippen LogP contribution in [0.5, 0.6) is 0 Å². The van der Waals surface area contributed by atoms with Crippen LogP contribution in [0.4, 0.5) is 0 Å². The minimum absolute atomic E-state index is 0.484. The van der Waals surface area contributed by atoms with Gasteiger partial charge in [0.25, 0.3) is 0 Å². The highest BCUT2D eigenvalue weighted by molar-refractivity contribution is 7.85. The summed E-state index contributed by atoms with van der Waals surface area (Å²) in [4.78, 5) is 0. The first kappa shape index (κ1) is 13.2. The van der Waals surface area contributed by atoms with Gasteiger partial charge in [-0.2, -0.15) is 0 Å². The summed E-state index contributed by atoms with van der Waals surface area (Å²) in [5, 5.41) is 3.37. The maximum Gasteiger partial charge on any atom is 0.0391 e. The Morgan fingerprint density at radius 1 is 1.33 bits per heavy atom. The molecule has 2 unspecified atom stereocenters. The Kier molecular flexibility index (Phi) is 6.50. The van der Waals surface area contributed by atoms with Crippen LogP contribution in [0, 0.1) is 5.92 Å². The van der Waals surface area contributed by atoms with Gasteiger partial charge in [-0.1, -0.05) is 26.2 Å². The first-order valence-electron chi connectivity index (χ1n) is 6.30. The van der Waals surface area contributed by atoms with Gasteiger partial charge in [-0.3, -0.25) is 4.21 Å². The van der Waals surface area contributed by atoms with Crippen LogP contribution in [-0.4, -0.2) is 28.8 Å². The lowest BCUT2D eigenvalue weighted by atomic mass is 9.84. The van der Waals surface area contributed by atoms with E-state index >= 15 is 0 Å². The van der Waals surface area contributed by atoms with Crippen molar-refractivity contribution in [2.75, 3.05) is 18.6 Å². The quantitative estimate of drug-likeness (QED) is 0.760. The third kappa shape index (κ3) is 4.64. The standard InChI is InChI=1S/C12H25NOS/c1-3-9-15(14)10-12(13-2)11-7-5-4-6-8-11/h11-13H,3-10H2,1-2H3. The van der Waals surface area contributed by atoms with Gasteiger partial charge in [0.1, 0.15) is 0 Å². The first-order chi connectivity index (χ1) is 7.27. The number of nitrogens with one attached hydrogen (secondary N) is 1. The van der Waals surface area contributed by atoms with Crippen molar-refractivity contribution in [3.8, 4) is 0 Å². The Morgan fingerprint density at radius 3 is 2.53 bits per heavy atom. The van der Waals surface area contributed by atoms with E-state index in [1.807, 2.05) is 7.05 Å². The summed E-state index contributed by atoms with van der Waals surface area (Å²) >= 11 is 0. The van der Waals surface area contributed by atoms with Crippen molar-refractivity contribution in [2.45, 2.75) is 51.5 Å². The molecule has 0 aromatic carbocycles. The van der Waals surface area contributed by atoms with Gasteiger partial charge in [-0.15, -0.1) is 0 Å². The topological polar surface area (TPSA) is 29.1 Å². The van der Waals surface area contributed by atoms with Gasteiger partial charge in [0, 0.05) is 28.3 Å². The smallest absolute Gasteiger partial charge is 0.0391 e. The second-order valence-electron chi connectivity index (χ2n) is 4.60. The van der Waals surface area contributed by atoms with Crippen molar-refractivity contribution in [1.29, 1.82) is 0 Å². The second-order valence-corrected chi connectivity index (χ2v) is 6.23. The molecule has 1 aliphatic rings. The zero-order valence-electron chi connectivity index (χ0n) is 10.1. The fourth-order valence-electron chi connectivity index (χ4n) is 2.50. The number of rotatable bonds is 6. The molecular weight excluding hydrogens is 206 g/mol. The molecule has 0 aromatic rings. The minimum atomic E-state index is -0.614. The summed E-state index contributed by atoms with van der Waals surface area (Å²) in [7, 11) is 1.40. The molecule has 0 amide bonds. The van der Waals surface area contributed by atoms with Crippen molar-refractivity contribution >= 4 is 10.8 Å². The van der Waals surface area contributed by atoms with Gasteiger partial charge in [0.2, 0.25) is 0 Å². The van der Waals surface area contributed by atoms with Crippen LogP contribution in [0.2, 0.25) is 0 Å². The van der Waals surface area contributed by atoms with Gasteiger partial charge in [0.15, 0.2) is 0 Å². The SMILES string of the molecule is CCCS(=O)CC(NC)C1CCCCC1. The summed E-state index contributed by atoms with van der Waals surface area (Å²) < 4.78 is 11.7. The van der Waals surface area contributed by atoms with Crippen molar-refractivity contribution < 1.29 is 4.21 Å². The maximum absolute atomic E-state index is 11.7. The molecule has 2 atom stereocenters. The molecule has 15 heavy (non-hydrogen) atoms. The van der Waals surface area contributed by atoms with Crippen molar-refractivity contribution in [1.82, 2.24) is 5.32 Å². The molecule has 1 rings (SSSR count). The van der Waals surface area contributed by atoms with Crippen molar-refractivity contribution in [3.63, 3.8) is 0 Å². The van der Waals surface area contributed by atoms with Crippen LogP contribution >= 0.6 is 0 Å². The highest BCUT2D eigenvalue weighted by Crippen LogP contribution is 2.26. The summed E-state index contributed by atoms with van der Waals surface area (Å²) in [6.07, 6.45) is 7.81. The molecule has 3 heteroatoms. The van der Waals surface area contributed by atoms with E-state index < -0.39 is 10.8 Å². The van der Waals surface area contributed by atoms with Crippen molar-refractivity contribution in [2.24, 2.45) is 5.92 Å². The summed E-state index contributed by atoms with van der Waals surface area (Å²) in [5.41, 5.74) is 0. The van der Waals surface area contributed by atoms with E-state index in [-0.39, 0.29) is 0 Å². The van der Waals surface area contributed by atoms with Gasteiger partial charge in [-0.25, -0.2) is 0 Å². The average Bonchev–Trinajstić information content (AvgIpc) is 2.27. The number of hydrogen-bond donors (Lipinski definition) is 1. The fourth-order valence-corrected chi connectivity index (χ4v) is 3.96. The average molecular weight is 231 g/mol. The van der Waals surface area contributed by atoms with E-state index in [1.165, 1.54) is 32.1 Å².